The molecule has 0 N–H and O–H groups in total. The fourth-order valence-electron chi connectivity index (χ4n) is 3.07. The lowest BCUT2D eigenvalue weighted by molar-refractivity contribution is 0.254. The van der Waals surface area contributed by atoms with Gasteiger partial charge in [0.15, 0.2) is 0 Å². The molecule has 2 atom stereocenters. The second-order valence-corrected chi connectivity index (χ2v) is 5.58. The Kier molecular flexibility index (Phi) is 3.39. The Morgan fingerprint density at radius 2 is 1.94 bits per heavy atom. The second kappa shape index (κ2) is 5.02. The summed E-state index contributed by atoms with van der Waals surface area (Å²) in [6, 6.07) is 1.41. The zero-order valence-electron chi connectivity index (χ0n) is 10.7. The van der Waals surface area contributed by atoms with Crippen molar-refractivity contribution in [3.63, 3.8) is 0 Å². The summed E-state index contributed by atoms with van der Waals surface area (Å²) in [4.78, 5) is 13.7. The fraction of sp³-hybridized carbons (Fsp3) is 0.692. The van der Waals surface area contributed by atoms with E-state index in [0.29, 0.717) is 11.9 Å². The summed E-state index contributed by atoms with van der Waals surface area (Å²) < 4.78 is 0. The summed E-state index contributed by atoms with van der Waals surface area (Å²) >= 11 is 5.76. The molecule has 0 aromatic carbocycles. The Bertz CT molecular complexity index is 408. The average molecular weight is 267 g/mol. The first-order valence-electron chi connectivity index (χ1n) is 6.61. The molecule has 3 heterocycles. The smallest absolute Gasteiger partial charge is 0.225 e. The number of anilines is 1. The number of aromatic nitrogens is 2. The maximum Gasteiger partial charge on any atom is 0.225 e. The zero-order valence-corrected chi connectivity index (χ0v) is 11.5. The molecule has 0 amide bonds. The first-order chi connectivity index (χ1) is 8.78. The maximum atomic E-state index is 5.76. The van der Waals surface area contributed by atoms with Crippen LogP contribution in [0.15, 0.2) is 12.4 Å². The maximum absolute atomic E-state index is 5.76. The van der Waals surface area contributed by atoms with Crippen LogP contribution in [0.1, 0.15) is 24.8 Å². The van der Waals surface area contributed by atoms with E-state index in [0.717, 1.165) is 30.6 Å². The monoisotopic (exact) mass is 266 g/mol. The minimum absolute atomic E-state index is 0.480. The van der Waals surface area contributed by atoms with Crippen molar-refractivity contribution in [2.45, 2.75) is 37.2 Å². The molecule has 0 aliphatic carbocycles. The molecule has 1 aromatic heterocycles. The van der Waals surface area contributed by atoms with E-state index < -0.39 is 0 Å². The van der Waals surface area contributed by atoms with E-state index in [-0.39, 0.29) is 0 Å². The lowest BCUT2D eigenvalue weighted by Gasteiger charge is -2.25. The molecule has 2 aliphatic heterocycles. The number of likely N-dealkylation sites (N-methyl/N-ethyl adjacent to an activating group) is 1. The molecule has 0 radical (unpaired) electrons. The predicted molar refractivity (Wildman–Crippen MR) is 73.0 cm³/mol. The van der Waals surface area contributed by atoms with Gasteiger partial charge in [0.2, 0.25) is 5.95 Å². The summed E-state index contributed by atoms with van der Waals surface area (Å²) in [5.74, 6) is 1.33. The minimum atomic E-state index is 0.480. The second-order valence-electron chi connectivity index (χ2n) is 5.31. The third-order valence-corrected chi connectivity index (χ3v) is 4.59. The number of hydrogen-bond donors (Lipinski definition) is 0. The number of hydrogen-bond acceptors (Lipinski definition) is 4. The van der Waals surface area contributed by atoms with Crippen LogP contribution in [0, 0.1) is 0 Å². The quantitative estimate of drug-likeness (QED) is 0.766. The van der Waals surface area contributed by atoms with Gasteiger partial charge < -0.3 is 4.90 Å². The molecule has 2 bridgehead atoms. The minimum Gasteiger partial charge on any atom is -0.339 e. The van der Waals surface area contributed by atoms with Crippen LogP contribution in [-0.4, -0.2) is 47.1 Å². The molecular formula is C13H19ClN4. The first-order valence-corrected chi connectivity index (χ1v) is 7.15. The van der Waals surface area contributed by atoms with Gasteiger partial charge in [0, 0.05) is 43.1 Å². The molecule has 2 fully saturated rings. The van der Waals surface area contributed by atoms with Crippen LogP contribution in [0.2, 0.25) is 0 Å². The van der Waals surface area contributed by atoms with Gasteiger partial charge in [-0.05, 0) is 26.3 Å². The number of alkyl halides is 1. The Balaban J connectivity index is 1.76. The Labute approximate surface area is 113 Å². The molecule has 2 aliphatic rings. The molecule has 2 saturated heterocycles. The molecule has 0 spiro atoms. The molecule has 0 saturated carbocycles. The molecule has 18 heavy (non-hydrogen) atoms. The molecular weight excluding hydrogens is 248 g/mol. The van der Waals surface area contributed by atoms with Crippen molar-refractivity contribution in [3.8, 4) is 0 Å². The summed E-state index contributed by atoms with van der Waals surface area (Å²) in [7, 11) is 2.25. The Morgan fingerprint density at radius 3 is 2.67 bits per heavy atom. The third kappa shape index (κ3) is 2.19. The average Bonchev–Trinajstić information content (AvgIpc) is 2.64. The van der Waals surface area contributed by atoms with Gasteiger partial charge in [0.25, 0.3) is 0 Å². The van der Waals surface area contributed by atoms with E-state index in [4.69, 9.17) is 11.6 Å². The van der Waals surface area contributed by atoms with Gasteiger partial charge in [-0.25, -0.2) is 9.97 Å². The van der Waals surface area contributed by atoms with Gasteiger partial charge in [0.05, 0.1) is 5.88 Å². The normalized spacial score (nSPS) is 28.4. The van der Waals surface area contributed by atoms with Gasteiger partial charge in [-0.2, -0.15) is 0 Å². The van der Waals surface area contributed by atoms with E-state index in [2.05, 4.69) is 26.8 Å². The summed E-state index contributed by atoms with van der Waals surface area (Å²) in [5.41, 5.74) is 0.980. The van der Waals surface area contributed by atoms with Gasteiger partial charge in [-0.3, -0.25) is 4.90 Å². The summed E-state index contributed by atoms with van der Waals surface area (Å²) in [6.45, 7) is 2.11. The van der Waals surface area contributed by atoms with Crippen LogP contribution >= 0.6 is 11.6 Å². The summed E-state index contributed by atoms with van der Waals surface area (Å²) in [5, 5.41) is 0. The van der Waals surface area contributed by atoms with Crippen LogP contribution in [0.25, 0.3) is 0 Å². The lowest BCUT2D eigenvalue weighted by Crippen LogP contribution is -2.37. The van der Waals surface area contributed by atoms with Crippen molar-refractivity contribution in [1.29, 1.82) is 0 Å². The number of fused-ring (bicyclic) bond motifs is 2. The zero-order chi connectivity index (χ0) is 12.5. The van der Waals surface area contributed by atoms with Gasteiger partial charge in [-0.1, -0.05) is 0 Å². The van der Waals surface area contributed by atoms with E-state index in [9.17, 15) is 0 Å². The van der Waals surface area contributed by atoms with E-state index in [1.807, 2.05) is 12.4 Å². The molecule has 4 nitrogen and oxygen atoms in total. The molecule has 2 unspecified atom stereocenters. The Hall–Kier alpha value is -0.870. The number of rotatable bonds is 2. The third-order valence-electron chi connectivity index (χ3n) is 4.28. The highest BCUT2D eigenvalue weighted by Crippen LogP contribution is 2.29. The highest BCUT2D eigenvalue weighted by Gasteiger charge is 2.35. The molecule has 98 valence electrons. The van der Waals surface area contributed by atoms with Gasteiger partial charge in [-0.15, -0.1) is 11.6 Å². The van der Waals surface area contributed by atoms with Gasteiger partial charge >= 0.3 is 0 Å². The van der Waals surface area contributed by atoms with E-state index in [1.54, 1.807) is 0 Å². The van der Waals surface area contributed by atoms with E-state index >= 15 is 0 Å². The van der Waals surface area contributed by atoms with Crippen molar-refractivity contribution >= 4 is 17.5 Å². The molecule has 5 heteroatoms. The van der Waals surface area contributed by atoms with Crippen LogP contribution in [0.5, 0.6) is 0 Å². The van der Waals surface area contributed by atoms with Crippen LogP contribution < -0.4 is 4.90 Å². The Morgan fingerprint density at radius 1 is 1.22 bits per heavy atom. The van der Waals surface area contributed by atoms with Crippen molar-refractivity contribution in [1.82, 2.24) is 14.9 Å². The number of halogens is 1. The van der Waals surface area contributed by atoms with Crippen molar-refractivity contribution < 1.29 is 0 Å². The number of nitrogens with zero attached hydrogens (tertiary/aromatic N) is 4. The van der Waals surface area contributed by atoms with Crippen molar-refractivity contribution in [2.75, 3.05) is 25.0 Å². The molecule has 1 aromatic rings. The van der Waals surface area contributed by atoms with Crippen LogP contribution in [0.4, 0.5) is 5.95 Å². The highest BCUT2D eigenvalue weighted by atomic mass is 35.5. The largest absolute Gasteiger partial charge is 0.339 e. The summed E-state index contributed by atoms with van der Waals surface area (Å²) in [6.07, 6.45) is 7.54. The van der Waals surface area contributed by atoms with Crippen LogP contribution in [0.3, 0.4) is 0 Å². The lowest BCUT2D eigenvalue weighted by atomic mass is 10.1. The van der Waals surface area contributed by atoms with Crippen LogP contribution in [-0.2, 0) is 5.88 Å². The highest BCUT2D eigenvalue weighted by molar-refractivity contribution is 6.17. The first kappa shape index (κ1) is 12.2. The predicted octanol–water partition coefficient (Wildman–Crippen LogP) is 1.89. The standard InChI is InChI=1S/C13H19ClN4/c1-17-11-2-3-12(17)9-18(5-4-11)13-15-7-10(6-14)8-16-13/h7-8,11-12H,2-6,9H2,1H3. The van der Waals surface area contributed by atoms with Crippen molar-refractivity contribution in [3.05, 3.63) is 18.0 Å². The molecule has 3 rings (SSSR count). The fourth-order valence-corrected chi connectivity index (χ4v) is 3.21. The van der Waals surface area contributed by atoms with Crippen molar-refractivity contribution in [2.24, 2.45) is 0 Å². The topological polar surface area (TPSA) is 32.3 Å². The van der Waals surface area contributed by atoms with E-state index in [1.165, 1.54) is 19.3 Å². The SMILES string of the molecule is CN1C2CCC1CN(c1ncc(CCl)cn1)CC2. The van der Waals surface area contributed by atoms with Gasteiger partial charge in [0.1, 0.15) is 0 Å².